The second kappa shape index (κ2) is 7.23. The van der Waals surface area contributed by atoms with Gasteiger partial charge in [-0.05, 0) is 43.0 Å². The third kappa shape index (κ3) is 3.59. The predicted molar refractivity (Wildman–Crippen MR) is 99.3 cm³/mol. The molecule has 0 radical (unpaired) electrons. The van der Waals surface area contributed by atoms with E-state index < -0.39 is 0 Å². The molecule has 4 rings (SSSR count). The minimum absolute atomic E-state index is 0.0647. The quantitative estimate of drug-likeness (QED) is 0.915. The maximum Gasteiger partial charge on any atom is 0.255 e. The molecule has 1 unspecified atom stereocenters. The Balaban J connectivity index is 1.43. The Hall–Kier alpha value is -2.76. The van der Waals surface area contributed by atoms with Crippen LogP contribution < -0.4 is 14.8 Å². The van der Waals surface area contributed by atoms with Crippen LogP contribution in [0.15, 0.2) is 36.5 Å². The number of nitrogens with zero attached hydrogens (tertiary/aromatic N) is 2. The molecule has 0 aliphatic carbocycles. The van der Waals surface area contributed by atoms with Crippen LogP contribution in [-0.2, 0) is 0 Å². The molecule has 136 valence electrons. The molecule has 1 amide bonds. The van der Waals surface area contributed by atoms with Gasteiger partial charge in [0.1, 0.15) is 19.0 Å². The highest BCUT2D eigenvalue weighted by Crippen LogP contribution is 2.33. The van der Waals surface area contributed by atoms with Crippen molar-refractivity contribution in [3.63, 3.8) is 0 Å². The first-order valence-electron chi connectivity index (χ1n) is 9.11. The van der Waals surface area contributed by atoms with Gasteiger partial charge in [-0.25, -0.2) is 4.98 Å². The van der Waals surface area contributed by atoms with E-state index >= 15 is 0 Å². The summed E-state index contributed by atoms with van der Waals surface area (Å²) >= 11 is 0. The predicted octanol–water partition coefficient (Wildman–Crippen LogP) is 3.47. The lowest BCUT2D eigenvalue weighted by molar-refractivity contribution is 0.0682. The van der Waals surface area contributed by atoms with Gasteiger partial charge in [0.05, 0.1) is 5.56 Å². The van der Waals surface area contributed by atoms with E-state index in [1.807, 2.05) is 35.2 Å². The van der Waals surface area contributed by atoms with Crippen molar-refractivity contribution >= 4 is 17.4 Å². The number of hydrogen-bond acceptors (Lipinski definition) is 5. The van der Waals surface area contributed by atoms with Crippen molar-refractivity contribution in [1.82, 2.24) is 9.88 Å². The first kappa shape index (κ1) is 16.7. The molecule has 26 heavy (non-hydrogen) atoms. The lowest BCUT2D eigenvalue weighted by Crippen LogP contribution is -2.39. The number of amides is 1. The number of anilines is 2. The molecule has 3 heterocycles. The molecule has 6 nitrogen and oxygen atoms in total. The van der Waals surface area contributed by atoms with E-state index in [1.165, 1.54) is 6.42 Å². The number of hydrogen-bond donors (Lipinski definition) is 1. The number of carbonyl (C=O) groups excluding carboxylic acids is 1. The topological polar surface area (TPSA) is 63.7 Å². The van der Waals surface area contributed by atoms with Crippen LogP contribution in [0, 0.1) is 5.92 Å². The van der Waals surface area contributed by atoms with Crippen molar-refractivity contribution in [1.29, 1.82) is 0 Å². The number of carbonyl (C=O) groups is 1. The monoisotopic (exact) mass is 353 g/mol. The number of rotatable bonds is 3. The number of likely N-dealkylation sites (tertiary alicyclic amines) is 1. The zero-order chi connectivity index (χ0) is 17.9. The standard InChI is InChI=1S/C20H23N3O3/c1-14-3-2-8-23(13-14)20(24)15-4-7-19(21-12-15)22-16-5-6-17-18(11-16)26-10-9-25-17/h4-7,11-12,14H,2-3,8-10,13H2,1H3,(H,21,22). The third-order valence-electron chi connectivity index (χ3n) is 4.77. The Labute approximate surface area is 153 Å². The molecule has 0 bridgehead atoms. The number of nitrogens with one attached hydrogen (secondary N) is 1. The van der Waals surface area contributed by atoms with Crippen LogP contribution in [0.1, 0.15) is 30.1 Å². The Morgan fingerprint density at radius 3 is 2.81 bits per heavy atom. The van der Waals surface area contributed by atoms with Gasteiger partial charge in [-0.3, -0.25) is 4.79 Å². The van der Waals surface area contributed by atoms with Crippen molar-refractivity contribution < 1.29 is 14.3 Å². The van der Waals surface area contributed by atoms with Gasteiger partial charge in [-0.15, -0.1) is 0 Å². The van der Waals surface area contributed by atoms with Crippen LogP contribution >= 0.6 is 0 Å². The van der Waals surface area contributed by atoms with Crippen LogP contribution in [0.3, 0.4) is 0 Å². The fraction of sp³-hybridized carbons (Fsp3) is 0.400. The second-order valence-corrected chi connectivity index (χ2v) is 6.91. The molecule has 1 saturated heterocycles. The van der Waals surface area contributed by atoms with E-state index in [4.69, 9.17) is 9.47 Å². The van der Waals surface area contributed by atoms with Crippen molar-refractivity contribution in [2.45, 2.75) is 19.8 Å². The molecular formula is C20H23N3O3. The van der Waals surface area contributed by atoms with Gasteiger partial charge in [-0.1, -0.05) is 6.92 Å². The van der Waals surface area contributed by atoms with Crippen LogP contribution in [0.25, 0.3) is 0 Å². The molecule has 1 aromatic heterocycles. The smallest absolute Gasteiger partial charge is 0.255 e. The maximum atomic E-state index is 12.6. The SMILES string of the molecule is CC1CCCN(C(=O)c2ccc(Nc3ccc4c(c3)OCCO4)nc2)C1. The summed E-state index contributed by atoms with van der Waals surface area (Å²) < 4.78 is 11.1. The number of benzene rings is 1. The molecular weight excluding hydrogens is 330 g/mol. The van der Waals surface area contributed by atoms with Gasteiger partial charge < -0.3 is 19.7 Å². The number of fused-ring (bicyclic) bond motifs is 1. The first-order valence-corrected chi connectivity index (χ1v) is 9.11. The summed E-state index contributed by atoms with van der Waals surface area (Å²) in [6.07, 6.45) is 3.91. The van der Waals surface area contributed by atoms with Gasteiger partial charge in [0, 0.05) is 31.0 Å². The maximum absolute atomic E-state index is 12.6. The van der Waals surface area contributed by atoms with Gasteiger partial charge in [-0.2, -0.15) is 0 Å². The summed E-state index contributed by atoms with van der Waals surface area (Å²) in [7, 11) is 0. The highest BCUT2D eigenvalue weighted by molar-refractivity contribution is 5.94. The number of ether oxygens (including phenoxy) is 2. The van der Waals surface area contributed by atoms with E-state index in [9.17, 15) is 4.79 Å². The lowest BCUT2D eigenvalue weighted by Gasteiger charge is -2.30. The summed E-state index contributed by atoms with van der Waals surface area (Å²) in [6.45, 7) is 4.99. The van der Waals surface area contributed by atoms with Crippen LogP contribution in [-0.4, -0.2) is 42.1 Å². The van der Waals surface area contributed by atoms with E-state index in [1.54, 1.807) is 6.20 Å². The Morgan fingerprint density at radius 1 is 1.19 bits per heavy atom. The Kier molecular flexibility index (Phi) is 4.65. The summed E-state index contributed by atoms with van der Waals surface area (Å²) in [5.74, 6) is 2.80. The average molecular weight is 353 g/mol. The van der Waals surface area contributed by atoms with E-state index in [0.29, 0.717) is 30.5 Å². The van der Waals surface area contributed by atoms with Gasteiger partial charge in [0.25, 0.3) is 5.91 Å². The highest BCUT2D eigenvalue weighted by atomic mass is 16.6. The first-order chi connectivity index (χ1) is 12.7. The van der Waals surface area contributed by atoms with Gasteiger partial charge in [0.15, 0.2) is 11.5 Å². The summed E-state index contributed by atoms with van der Waals surface area (Å²) in [5.41, 5.74) is 1.50. The molecule has 1 atom stereocenters. The summed E-state index contributed by atoms with van der Waals surface area (Å²) in [4.78, 5) is 18.9. The number of piperidine rings is 1. The van der Waals surface area contributed by atoms with E-state index in [0.717, 1.165) is 36.7 Å². The molecule has 2 aliphatic rings. The largest absolute Gasteiger partial charge is 0.486 e. The zero-order valence-electron chi connectivity index (χ0n) is 14.9. The second-order valence-electron chi connectivity index (χ2n) is 6.91. The van der Waals surface area contributed by atoms with E-state index in [2.05, 4.69) is 17.2 Å². The molecule has 0 spiro atoms. The fourth-order valence-corrected chi connectivity index (χ4v) is 3.42. The summed E-state index contributed by atoms with van der Waals surface area (Å²) in [5, 5.41) is 3.24. The minimum Gasteiger partial charge on any atom is -0.486 e. The average Bonchev–Trinajstić information content (AvgIpc) is 2.68. The fourth-order valence-electron chi connectivity index (χ4n) is 3.42. The van der Waals surface area contributed by atoms with Crippen LogP contribution in [0.4, 0.5) is 11.5 Å². The van der Waals surface area contributed by atoms with Crippen molar-refractivity contribution in [3.8, 4) is 11.5 Å². The molecule has 6 heteroatoms. The van der Waals surface area contributed by atoms with Crippen LogP contribution in [0.2, 0.25) is 0 Å². The van der Waals surface area contributed by atoms with Crippen molar-refractivity contribution in [3.05, 3.63) is 42.1 Å². The van der Waals surface area contributed by atoms with Gasteiger partial charge in [0.2, 0.25) is 0 Å². The Morgan fingerprint density at radius 2 is 2.04 bits per heavy atom. The molecule has 1 fully saturated rings. The third-order valence-corrected chi connectivity index (χ3v) is 4.77. The molecule has 2 aliphatic heterocycles. The Bertz CT molecular complexity index is 791. The van der Waals surface area contributed by atoms with Crippen molar-refractivity contribution in [2.24, 2.45) is 5.92 Å². The molecule has 2 aromatic rings. The lowest BCUT2D eigenvalue weighted by atomic mass is 10.00. The minimum atomic E-state index is 0.0647. The van der Waals surface area contributed by atoms with Crippen LogP contribution in [0.5, 0.6) is 11.5 Å². The normalized spacial score (nSPS) is 19.1. The number of pyridine rings is 1. The van der Waals surface area contributed by atoms with E-state index in [-0.39, 0.29) is 5.91 Å². The summed E-state index contributed by atoms with van der Waals surface area (Å²) in [6, 6.07) is 9.35. The zero-order valence-corrected chi connectivity index (χ0v) is 14.9. The highest BCUT2D eigenvalue weighted by Gasteiger charge is 2.22. The molecule has 1 aromatic carbocycles. The molecule has 0 saturated carbocycles. The van der Waals surface area contributed by atoms with Crippen molar-refractivity contribution in [2.75, 3.05) is 31.6 Å². The molecule has 1 N–H and O–H groups in total. The van der Waals surface area contributed by atoms with Gasteiger partial charge >= 0.3 is 0 Å². The number of aromatic nitrogens is 1.